The van der Waals surface area contributed by atoms with Crippen molar-refractivity contribution in [3.05, 3.63) is 86.1 Å². The summed E-state index contributed by atoms with van der Waals surface area (Å²) in [5.74, 6) is -1.70. The van der Waals surface area contributed by atoms with Gasteiger partial charge in [-0.25, -0.2) is 9.07 Å². The van der Waals surface area contributed by atoms with Crippen LogP contribution < -0.4 is 10.9 Å². The molecule has 1 N–H and O–H groups in total. The minimum absolute atomic E-state index is 0.00928. The Morgan fingerprint density at radius 3 is 2.48 bits per heavy atom. The smallest absolute Gasteiger partial charge is 0.295 e. The van der Waals surface area contributed by atoms with E-state index in [1.165, 1.54) is 4.68 Å². The summed E-state index contributed by atoms with van der Waals surface area (Å²) in [7, 11) is 1.65. The maximum absolute atomic E-state index is 13.3. The molecule has 0 atom stereocenters. The molecule has 0 radical (unpaired) electrons. The highest BCUT2D eigenvalue weighted by atomic mass is 19.1. The molecule has 0 aliphatic carbocycles. The van der Waals surface area contributed by atoms with E-state index in [2.05, 4.69) is 5.32 Å². The molecule has 3 rings (SSSR count). The molecule has 2 aromatic carbocycles. The van der Waals surface area contributed by atoms with Gasteiger partial charge in [0.15, 0.2) is 0 Å². The normalized spacial score (nSPS) is 10.6. The number of nitrogens with one attached hydrogen (secondary N) is 1. The van der Waals surface area contributed by atoms with Gasteiger partial charge < -0.3 is 5.32 Å². The second kappa shape index (κ2) is 6.87. The summed E-state index contributed by atoms with van der Waals surface area (Å²) in [6, 6.07) is 11.4. The van der Waals surface area contributed by atoms with Gasteiger partial charge in [0, 0.05) is 7.05 Å². The number of halogens is 1. The van der Waals surface area contributed by atoms with Gasteiger partial charge in [-0.2, -0.15) is 0 Å². The first-order chi connectivity index (χ1) is 12.8. The third-order valence-corrected chi connectivity index (χ3v) is 4.19. The number of para-hydroxylation sites is 1. The van der Waals surface area contributed by atoms with E-state index in [9.17, 15) is 24.1 Å². The van der Waals surface area contributed by atoms with Crippen LogP contribution in [0.25, 0.3) is 5.69 Å². The number of nitro benzene ring substituents is 1. The molecule has 8 nitrogen and oxygen atoms in total. The fraction of sp³-hybridized carbons (Fsp3) is 0.111. The number of hydrogen-bond acceptors (Lipinski definition) is 4. The van der Waals surface area contributed by atoms with Gasteiger partial charge in [-0.05, 0) is 31.2 Å². The topological polar surface area (TPSA) is 99.2 Å². The third-order valence-electron chi connectivity index (χ3n) is 4.19. The van der Waals surface area contributed by atoms with Crippen LogP contribution in [0.2, 0.25) is 0 Å². The van der Waals surface area contributed by atoms with E-state index < -0.39 is 27.9 Å². The lowest BCUT2D eigenvalue weighted by atomic mass is 10.1. The molecule has 3 aromatic rings. The Hall–Kier alpha value is -3.75. The third kappa shape index (κ3) is 3.22. The van der Waals surface area contributed by atoms with Crippen molar-refractivity contribution in [1.29, 1.82) is 0 Å². The summed E-state index contributed by atoms with van der Waals surface area (Å²) >= 11 is 0. The zero-order valence-corrected chi connectivity index (χ0v) is 14.5. The maximum atomic E-state index is 13.3. The van der Waals surface area contributed by atoms with E-state index in [-0.39, 0.29) is 11.3 Å². The van der Waals surface area contributed by atoms with E-state index in [1.807, 2.05) is 0 Å². The van der Waals surface area contributed by atoms with E-state index in [4.69, 9.17) is 0 Å². The molecule has 0 saturated carbocycles. The Kier molecular flexibility index (Phi) is 4.59. The van der Waals surface area contributed by atoms with Gasteiger partial charge in [0.2, 0.25) is 0 Å². The molecular weight excluding hydrogens is 355 g/mol. The molecule has 1 aromatic heterocycles. The monoisotopic (exact) mass is 370 g/mol. The number of nitro groups is 1. The van der Waals surface area contributed by atoms with Crippen LogP contribution in [0, 0.1) is 22.9 Å². The molecule has 1 heterocycles. The van der Waals surface area contributed by atoms with E-state index >= 15 is 0 Å². The Morgan fingerprint density at radius 1 is 1.19 bits per heavy atom. The van der Waals surface area contributed by atoms with Crippen LogP contribution in [0.5, 0.6) is 0 Å². The number of carbonyl (C=O) groups excluding carboxylic acids is 1. The first-order valence-electron chi connectivity index (χ1n) is 7.90. The number of amides is 1. The summed E-state index contributed by atoms with van der Waals surface area (Å²) in [5.41, 5.74) is -0.451. The summed E-state index contributed by atoms with van der Waals surface area (Å²) in [6.45, 7) is 1.63. The molecule has 9 heteroatoms. The van der Waals surface area contributed by atoms with Crippen molar-refractivity contribution in [1.82, 2.24) is 9.36 Å². The molecule has 0 bridgehead atoms. The Bertz CT molecular complexity index is 1100. The van der Waals surface area contributed by atoms with Gasteiger partial charge in [-0.3, -0.25) is 24.4 Å². The molecule has 0 spiro atoms. The van der Waals surface area contributed by atoms with Crippen LogP contribution in [0.4, 0.5) is 15.8 Å². The van der Waals surface area contributed by atoms with E-state index in [0.717, 1.165) is 12.1 Å². The minimum Gasteiger partial charge on any atom is -0.316 e. The largest absolute Gasteiger partial charge is 0.316 e. The molecule has 138 valence electrons. The summed E-state index contributed by atoms with van der Waals surface area (Å²) < 4.78 is 16.2. The predicted molar refractivity (Wildman–Crippen MR) is 96.8 cm³/mol. The van der Waals surface area contributed by atoms with Crippen LogP contribution in [-0.2, 0) is 7.05 Å². The van der Waals surface area contributed by atoms with Crippen molar-refractivity contribution in [3.8, 4) is 5.69 Å². The quantitative estimate of drug-likeness (QED) is 0.564. The van der Waals surface area contributed by atoms with Crippen LogP contribution in [-0.4, -0.2) is 20.2 Å². The number of benzene rings is 2. The number of anilines is 1. The SMILES string of the molecule is Cc1c(NC(=O)c2ccc(F)cc2[N+](=O)[O-])c(=O)n(-c2ccccc2)n1C. The van der Waals surface area contributed by atoms with Crippen molar-refractivity contribution in [3.63, 3.8) is 0 Å². The highest BCUT2D eigenvalue weighted by Crippen LogP contribution is 2.22. The second-order valence-electron chi connectivity index (χ2n) is 5.81. The lowest BCUT2D eigenvalue weighted by Gasteiger charge is -2.07. The van der Waals surface area contributed by atoms with Crippen molar-refractivity contribution < 1.29 is 14.1 Å². The van der Waals surface area contributed by atoms with Gasteiger partial charge in [0.1, 0.15) is 17.1 Å². The van der Waals surface area contributed by atoms with Crippen LogP contribution in [0.15, 0.2) is 53.3 Å². The average Bonchev–Trinajstić information content (AvgIpc) is 2.85. The van der Waals surface area contributed by atoms with Crippen molar-refractivity contribution in [2.75, 3.05) is 5.32 Å². The van der Waals surface area contributed by atoms with Gasteiger partial charge in [-0.15, -0.1) is 0 Å². The number of carbonyl (C=O) groups is 1. The highest BCUT2D eigenvalue weighted by molar-refractivity contribution is 6.07. The highest BCUT2D eigenvalue weighted by Gasteiger charge is 2.24. The fourth-order valence-corrected chi connectivity index (χ4v) is 2.74. The predicted octanol–water partition coefficient (Wildman–Crippen LogP) is 2.78. The molecule has 0 unspecified atom stereocenters. The Balaban J connectivity index is 2.04. The fourth-order valence-electron chi connectivity index (χ4n) is 2.74. The Labute approximate surface area is 152 Å². The summed E-state index contributed by atoms with van der Waals surface area (Å²) in [5, 5.41) is 13.5. The van der Waals surface area contributed by atoms with Gasteiger partial charge >= 0.3 is 0 Å². The van der Waals surface area contributed by atoms with Crippen molar-refractivity contribution in [2.24, 2.45) is 7.05 Å². The Morgan fingerprint density at radius 2 is 1.85 bits per heavy atom. The molecule has 27 heavy (non-hydrogen) atoms. The molecule has 0 fully saturated rings. The number of rotatable bonds is 4. The standard InChI is InChI=1S/C18H15FN4O4/c1-11-16(18(25)22(21(11)2)13-6-4-3-5-7-13)20-17(24)14-9-8-12(19)10-15(14)23(26)27/h3-10H,1-2H3,(H,20,24). The molecule has 0 aliphatic rings. The number of hydrogen-bond donors (Lipinski definition) is 1. The van der Waals surface area contributed by atoms with Gasteiger partial charge in [-0.1, -0.05) is 18.2 Å². The van der Waals surface area contributed by atoms with Gasteiger partial charge in [0.05, 0.1) is 22.4 Å². The number of aromatic nitrogens is 2. The number of nitrogens with zero attached hydrogens (tertiary/aromatic N) is 3. The zero-order valence-electron chi connectivity index (χ0n) is 14.5. The molecular formula is C18H15FN4O4. The lowest BCUT2D eigenvalue weighted by Crippen LogP contribution is -2.23. The first-order valence-corrected chi connectivity index (χ1v) is 7.90. The first kappa shape index (κ1) is 18.1. The molecule has 0 saturated heterocycles. The van der Waals surface area contributed by atoms with Crippen LogP contribution >= 0.6 is 0 Å². The summed E-state index contributed by atoms with van der Waals surface area (Å²) in [4.78, 5) is 35.5. The molecule has 1 amide bonds. The maximum Gasteiger partial charge on any atom is 0.295 e. The van der Waals surface area contributed by atoms with E-state index in [1.54, 1.807) is 49.0 Å². The molecule has 0 aliphatic heterocycles. The van der Waals surface area contributed by atoms with Crippen LogP contribution in [0.1, 0.15) is 16.1 Å². The van der Waals surface area contributed by atoms with Crippen molar-refractivity contribution >= 4 is 17.3 Å². The minimum atomic E-state index is -0.868. The lowest BCUT2D eigenvalue weighted by molar-refractivity contribution is -0.385. The van der Waals surface area contributed by atoms with Gasteiger partial charge in [0.25, 0.3) is 17.2 Å². The average molecular weight is 370 g/mol. The zero-order chi connectivity index (χ0) is 19.7. The van der Waals surface area contributed by atoms with Crippen molar-refractivity contribution in [2.45, 2.75) is 6.92 Å². The van der Waals surface area contributed by atoms with Crippen LogP contribution in [0.3, 0.4) is 0 Å². The summed E-state index contributed by atoms with van der Waals surface area (Å²) in [6.07, 6.45) is 0. The second-order valence-corrected chi connectivity index (χ2v) is 5.81. The van der Waals surface area contributed by atoms with E-state index in [0.29, 0.717) is 17.4 Å².